The number of ether oxygens (including phenoxy) is 1. The van der Waals surface area contributed by atoms with E-state index in [0.29, 0.717) is 0 Å². The summed E-state index contributed by atoms with van der Waals surface area (Å²) in [4.78, 5) is 16.4. The van der Waals surface area contributed by atoms with Gasteiger partial charge in [-0.25, -0.2) is 4.98 Å². The van der Waals surface area contributed by atoms with Gasteiger partial charge in [0.05, 0.1) is 29.3 Å². The summed E-state index contributed by atoms with van der Waals surface area (Å²) in [6.45, 7) is 3.64. The molecule has 1 aliphatic carbocycles. The van der Waals surface area contributed by atoms with Gasteiger partial charge < -0.3 is 14.9 Å². The lowest BCUT2D eigenvalue weighted by molar-refractivity contribution is -0.137. The summed E-state index contributed by atoms with van der Waals surface area (Å²) in [5, 5.41) is 21.3. The third kappa shape index (κ3) is 6.95. The van der Waals surface area contributed by atoms with E-state index in [9.17, 15) is 15.0 Å². The number of aromatic nitrogens is 1. The quantitative estimate of drug-likeness (QED) is 0.178. The highest BCUT2D eigenvalue weighted by Crippen LogP contribution is 2.57. The van der Waals surface area contributed by atoms with Gasteiger partial charge in [0.1, 0.15) is 10.8 Å². The first kappa shape index (κ1) is 28.4. The lowest BCUT2D eigenvalue weighted by atomic mass is 9.90. The molecule has 1 aromatic heterocycles. The number of fused-ring (bicyclic) bond motifs is 1. The summed E-state index contributed by atoms with van der Waals surface area (Å²) >= 11 is 3.44. The molecule has 0 bridgehead atoms. The Labute approximate surface area is 243 Å². The number of aryl methyl sites for hydroxylation is 1. The molecule has 4 aromatic rings. The fraction of sp³-hybridized carbons (Fsp3) is 0.333. The summed E-state index contributed by atoms with van der Waals surface area (Å²) in [6.07, 6.45) is 7.85. The molecule has 1 saturated carbocycles. The first-order valence-electron chi connectivity index (χ1n) is 13.6. The molecule has 2 N–H and O–H groups in total. The Balaban J connectivity index is 1.39. The minimum Gasteiger partial charge on any atom is -0.497 e. The van der Waals surface area contributed by atoms with Gasteiger partial charge in [-0.3, -0.25) is 4.79 Å². The van der Waals surface area contributed by atoms with Crippen LogP contribution in [-0.2, 0) is 16.8 Å². The number of thiazole rings is 1. The molecule has 1 unspecified atom stereocenters. The molecule has 0 saturated heterocycles. The first-order valence-corrected chi connectivity index (χ1v) is 15.3. The molecule has 40 heavy (non-hydrogen) atoms. The monoisotopic (exact) mass is 573 g/mol. The SMILES string of the molecule is COc1ccc2nc(/C=C/c3cccc(C(CCc4ccccc4C(C)(C)O)SC4(CC(=O)O)CC4)c3)sc2c1. The van der Waals surface area contributed by atoms with Gasteiger partial charge in [-0.1, -0.05) is 54.6 Å². The van der Waals surface area contributed by atoms with E-state index in [1.165, 1.54) is 5.56 Å². The predicted molar refractivity (Wildman–Crippen MR) is 166 cm³/mol. The summed E-state index contributed by atoms with van der Waals surface area (Å²) in [7, 11) is 1.67. The summed E-state index contributed by atoms with van der Waals surface area (Å²) in [5.74, 6) is 0.0886. The average Bonchev–Trinajstić information content (AvgIpc) is 3.54. The number of benzene rings is 3. The Morgan fingerprint density at radius 1 is 1.12 bits per heavy atom. The van der Waals surface area contributed by atoms with E-state index in [1.807, 2.05) is 68.1 Å². The average molecular weight is 574 g/mol. The molecule has 3 aromatic carbocycles. The van der Waals surface area contributed by atoms with Gasteiger partial charge in [-0.15, -0.1) is 23.1 Å². The number of carboxylic acid groups (broad SMARTS) is 1. The van der Waals surface area contributed by atoms with E-state index < -0.39 is 11.6 Å². The van der Waals surface area contributed by atoms with Crippen molar-refractivity contribution in [2.75, 3.05) is 7.11 Å². The van der Waals surface area contributed by atoms with Crippen molar-refractivity contribution >= 4 is 51.4 Å². The molecule has 1 fully saturated rings. The number of hydrogen-bond acceptors (Lipinski definition) is 6. The summed E-state index contributed by atoms with van der Waals surface area (Å²) < 4.78 is 6.23. The van der Waals surface area contributed by atoms with E-state index in [1.54, 1.807) is 18.4 Å². The van der Waals surface area contributed by atoms with E-state index in [4.69, 9.17) is 9.72 Å². The molecule has 208 valence electrons. The number of carbonyl (C=O) groups is 1. The minimum absolute atomic E-state index is 0.139. The predicted octanol–water partition coefficient (Wildman–Crippen LogP) is 8.12. The van der Waals surface area contributed by atoms with Crippen LogP contribution >= 0.6 is 23.1 Å². The number of rotatable bonds is 12. The molecule has 0 spiro atoms. The van der Waals surface area contributed by atoms with Crippen LogP contribution in [-0.4, -0.2) is 33.0 Å². The maximum atomic E-state index is 11.6. The number of aliphatic hydroxyl groups is 1. The topological polar surface area (TPSA) is 79.7 Å². The van der Waals surface area contributed by atoms with Crippen molar-refractivity contribution in [1.82, 2.24) is 4.98 Å². The Bertz CT molecular complexity index is 1530. The van der Waals surface area contributed by atoms with Crippen molar-refractivity contribution in [3.8, 4) is 5.75 Å². The molecule has 1 aliphatic rings. The second kappa shape index (κ2) is 11.8. The van der Waals surface area contributed by atoms with Crippen LogP contribution in [0.25, 0.3) is 22.4 Å². The normalized spacial score (nSPS) is 15.4. The molecule has 0 amide bonds. The number of hydrogen-bond donors (Lipinski definition) is 2. The van der Waals surface area contributed by atoms with Crippen LogP contribution < -0.4 is 4.74 Å². The highest BCUT2D eigenvalue weighted by Gasteiger charge is 2.47. The van der Waals surface area contributed by atoms with Crippen LogP contribution in [0.1, 0.15) is 72.0 Å². The third-order valence-corrected chi connectivity index (χ3v) is 10.2. The molecular formula is C33H35NO4S2. The molecule has 5 rings (SSSR count). The van der Waals surface area contributed by atoms with Crippen molar-refractivity contribution in [1.29, 1.82) is 0 Å². The number of carboxylic acids is 1. The second-order valence-corrected chi connectivity index (χ2v) is 13.7. The lowest BCUT2D eigenvalue weighted by Gasteiger charge is -2.25. The summed E-state index contributed by atoms with van der Waals surface area (Å²) in [5.41, 5.74) is 4.38. The van der Waals surface area contributed by atoms with Gasteiger partial charge in [0.2, 0.25) is 0 Å². The van der Waals surface area contributed by atoms with Crippen molar-refractivity contribution in [3.63, 3.8) is 0 Å². The molecule has 5 nitrogen and oxygen atoms in total. The van der Waals surface area contributed by atoms with Crippen LogP contribution in [0, 0.1) is 0 Å². The van der Waals surface area contributed by atoms with Crippen LogP contribution in [0.15, 0.2) is 66.7 Å². The maximum Gasteiger partial charge on any atom is 0.304 e. The fourth-order valence-corrected chi connectivity index (χ4v) is 7.69. The standard InChI is InChI=1S/C33H35NO4S2/c1-32(2,37)26-10-5-4-8-23(26)12-15-28(40-33(17-18-33)21-31(35)36)24-9-6-7-22(19-24)11-16-30-34-27-14-13-25(38-3)20-29(27)39-30/h4-11,13-14,16,19-20,28,37H,12,15,17-18,21H2,1-3H3,(H,35,36)/b16-11+. The zero-order valence-electron chi connectivity index (χ0n) is 23.1. The Hall–Kier alpha value is -3.13. The van der Waals surface area contributed by atoms with Crippen molar-refractivity contribution in [3.05, 3.63) is 94.0 Å². The molecule has 1 heterocycles. The van der Waals surface area contributed by atoms with E-state index in [2.05, 4.69) is 36.4 Å². The van der Waals surface area contributed by atoms with Crippen LogP contribution in [0.4, 0.5) is 0 Å². The fourth-order valence-electron chi connectivity index (χ4n) is 5.12. The zero-order valence-corrected chi connectivity index (χ0v) is 24.7. The number of aliphatic carboxylic acids is 1. The van der Waals surface area contributed by atoms with Crippen molar-refractivity contribution in [2.45, 2.75) is 61.5 Å². The van der Waals surface area contributed by atoms with E-state index in [0.717, 1.165) is 63.3 Å². The van der Waals surface area contributed by atoms with E-state index in [-0.39, 0.29) is 16.4 Å². The van der Waals surface area contributed by atoms with Crippen LogP contribution in [0.5, 0.6) is 5.75 Å². The Morgan fingerprint density at radius 2 is 1.93 bits per heavy atom. The molecular weight excluding hydrogens is 539 g/mol. The smallest absolute Gasteiger partial charge is 0.304 e. The number of methoxy groups -OCH3 is 1. The van der Waals surface area contributed by atoms with Gasteiger partial charge in [0, 0.05) is 10.00 Å². The van der Waals surface area contributed by atoms with Gasteiger partial charge in [0.25, 0.3) is 0 Å². The van der Waals surface area contributed by atoms with Crippen LogP contribution in [0.3, 0.4) is 0 Å². The van der Waals surface area contributed by atoms with Crippen LogP contribution in [0.2, 0.25) is 0 Å². The second-order valence-electron chi connectivity index (χ2n) is 11.0. The van der Waals surface area contributed by atoms with E-state index >= 15 is 0 Å². The highest BCUT2D eigenvalue weighted by atomic mass is 32.2. The van der Waals surface area contributed by atoms with Gasteiger partial charge in [-0.2, -0.15) is 0 Å². The third-order valence-electron chi connectivity index (χ3n) is 7.34. The Kier molecular flexibility index (Phi) is 8.36. The first-order chi connectivity index (χ1) is 19.1. The summed E-state index contributed by atoms with van der Waals surface area (Å²) in [6, 6.07) is 22.5. The molecule has 0 aliphatic heterocycles. The van der Waals surface area contributed by atoms with Gasteiger partial charge in [0.15, 0.2) is 0 Å². The highest BCUT2D eigenvalue weighted by molar-refractivity contribution is 8.01. The molecule has 1 atom stereocenters. The maximum absolute atomic E-state index is 11.6. The largest absolute Gasteiger partial charge is 0.497 e. The minimum atomic E-state index is -0.920. The molecule has 0 radical (unpaired) electrons. The Morgan fingerprint density at radius 3 is 2.65 bits per heavy atom. The van der Waals surface area contributed by atoms with Gasteiger partial charge in [-0.05, 0) is 86.1 Å². The van der Waals surface area contributed by atoms with Crippen molar-refractivity contribution in [2.24, 2.45) is 0 Å². The zero-order chi connectivity index (χ0) is 28.3. The number of thioether (sulfide) groups is 1. The van der Waals surface area contributed by atoms with Crippen molar-refractivity contribution < 1.29 is 19.7 Å². The van der Waals surface area contributed by atoms with Gasteiger partial charge >= 0.3 is 5.97 Å². The molecule has 7 heteroatoms. The number of nitrogens with zero attached hydrogens (tertiary/aromatic N) is 1. The lowest BCUT2D eigenvalue weighted by Crippen LogP contribution is -2.18.